The molecule has 0 aromatic heterocycles. The van der Waals surface area contributed by atoms with Crippen molar-refractivity contribution in [1.82, 2.24) is 5.32 Å². The lowest BCUT2D eigenvalue weighted by atomic mass is 9.94. The molecule has 2 fully saturated rings. The average Bonchev–Trinajstić information content (AvgIpc) is 2.66. The van der Waals surface area contributed by atoms with Crippen LogP contribution in [0.4, 0.5) is 0 Å². The van der Waals surface area contributed by atoms with Crippen molar-refractivity contribution in [2.45, 2.75) is 70.2 Å². The van der Waals surface area contributed by atoms with Crippen LogP contribution in [-0.2, 0) is 28.5 Å². The first-order valence-electron chi connectivity index (χ1n) is 9.71. The van der Waals surface area contributed by atoms with Crippen molar-refractivity contribution in [2.24, 2.45) is 0 Å². The van der Waals surface area contributed by atoms with Crippen molar-refractivity contribution in [3.05, 3.63) is 28.2 Å². The highest BCUT2D eigenvalue weighted by Gasteiger charge is 2.54. The maximum atomic E-state index is 12.0. The third kappa shape index (κ3) is 5.79. The second kappa shape index (κ2) is 9.48. The van der Waals surface area contributed by atoms with Crippen molar-refractivity contribution in [3.8, 4) is 5.75 Å². The monoisotopic (exact) mass is 477 g/mol. The van der Waals surface area contributed by atoms with Crippen LogP contribution in [0.3, 0.4) is 0 Å². The summed E-state index contributed by atoms with van der Waals surface area (Å²) in [5.74, 6) is -2.22. The van der Waals surface area contributed by atoms with E-state index in [1.54, 1.807) is 26.0 Å². The molecule has 6 atom stereocenters. The van der Waals surface area contributed by atoms with Crippen LogP contribution in [-0.4, -0.2) is 66.1 Å². The van der Waals surface area contributed by atoms with E-state index < -0.39 is 48.5 Å². The lowest BCUT2D eigenvalue weighted by molar-refractivity contribution is -0.366. The Labute approximate surface area is 189 Å². The zero-order chi connectivity index (χ0) is 22.9. The van der Waals surface area contributed by atoms with Crippen LogP contribution in [0.15, 0.2) is 18.2 Å². The average molecular weight is 478 g/mol. The maximum absolute atomic E-state index is 12.0. The summed E-state index contributed by atoms with van der Waals surface area (Å²) in [7, 11) is 0. The maximum Gasteiger partial charge on any atom is 0.332 e. The lowest BCUT2D eigenvalue weighted by Gasteiger charge is -2.51. The first-order chi connectivity index (χ1) is 14.5. The SMILES string of the molecule is CC(=O)NC1C(Oc2ccc(Cl)cc2Cl)OC2COC(C)(C)OC2C1OC(C)C(=O)O. The molecule has 2 N–H and O–H groups in total. The summed E-state index contributed by atoms with van der Waals surface area (Å²) in [6.45, 7) is 6.33. The molecule has 2 aliphatic rings. The van der Waals surface area contributed by atoms with Gasteiger partial charge in [0.25, 0.3) is 0 Å². The fraction of sp³-hybridized carbons (Fsp3) is 0.600. The van der Waals surface area contributed by atoms with Crippen LogP contribution >= 0.6 is 23.2 Å². The molecule has 0 aliphatic carbocycles. The number of fused-ring (bicyclic) bond motifs is 1. The van der Waals surface area contributed by atoms with E-state index in [1.807, 2.05) is 0 Å². The standard InChI is InChI=1S/C20H25Cl2NO8/c1-9(18(25)26)28-17-15(23-10(2)24)19(29-13-6-5-11(21)7-12(13)22)30-14-8-27-20(3,4)31-16(14)17/h5-7,9,14-17,19H,8H2,1-4H3,(H,23,24)(H,25,26). The van der Waals surface area contributed by atoms with E-state index in [9.17, 15) is 14.7 Å². The predicted octanol–water partition coefficient (Wildman–Crippen LogP) is 2.61. The van der Waals surface area contributed by atoms with Crippen LogP contribution in [0.25, 0.3) is 0 Å². The largest absolute Gasteiger partial charge is 0.479 e. The van der Waals surface area contributed by atoms with Gasteiger partial charge in [0.15, 0.2) is 11.9 Å². The molecule has 0 radical (unpaired) electrons. The number of halogens is 2. The summed E-state index contributed by atoms with van der Waals surface area (Å²) < 4.78 is 29.5. The predicted molar refractivity (Wildman–Crippen MR) is 110 cm³/mol. The minimum Gasteiger partial charge on any atom is -0.479 e. The lowest BCUT2D eigenvalue weighted by Crippen LogP contribution is -2.70. The Morgan fingerprint density at radius 3 is 2.65 bits per heavy atom. The molecule has 31 heavy (non-hydrogen) atoms. The van der Waals surface area contributed by atoms with E-state index >= 15 is 0 Å². The van der Waals surface area contributed by atoms with Gasteiger partial charge in [0.1, 0.15) is 30.1 Å². The molecule has 0 saturated carbocycles. The van der Waals surface area contributed by atoms with Crippen molar-refractivity contribution in [3.63, 3.8) is 0 Å². The highest BCUT2D eigenvalue weighted by atomic mass is 35.5. The highest BCUT2D eigenvalue weighted by molar-refractivity contribution is 6.35. The molecule has 1 amide bonds. The number of carbonyl (C=O) groups is 2. The normalized spacial score (nSPS) is 30.7. The third-order valence-corrected chi connectivity index (χ3v) is 5.41. The Bertz CT molecular complexity index is 835. The number of carboxylic acids is 1. The zero-order valence-electron chi connectivity index (χ0n) is 17.5. The van der Waals surface area contributed by atoms with Gasteiger partial charge in [-0.05, 0) is 39.0 Å². The molecule has 2 saturated heterocycles. The van der Waals surface area contributed by atoms with Crippen LogP contribution < -0.4 is 10.1 Å². The summed E-state index contributed by atoms with van der Waals surface area (Å²) in [5.41, 5.74) is 0. The number of hydrogen-bond donors (Lipinski definition) is 2. The summed E-state index contributed by atoms with van der Waals surface area (Å²) in [5, 5.41) is 12.8. The minimum atomic E-state index is -1.17. The fourth-order valence-corrected chi connectivity index (χ4v) is 3.92. The van der Waals surface area contributed by atoms with Crippen molar-refractivity contribution >= 4 is 35.1 Å². The van der Waals surface area contributed by atoms with Gasteiger partial charge in [-0.3, -0.25) is 4.79 Å². The van der Waals surface area contributed by atoms with Crippen molar-refractivity contribution in [2.75, 3.05) is 6.61 Å². The first kappa shape index (κ1) is 24.0. The minimum absolute atomic E-state index is 0.153. The smallest absolute Gasteiger partial charge is 0.332 e. The van der Waals surface area contributed by atoms with Crippen molar-refractivity contribution < 1.29 is 38.4 Å². The number of amides is 1. The molecule has 0 bridgehead atoms. The number of benzene rings is 1. The van der Waals surface area contributed by atoms with Gasteiger partial charge in [-0.15, -0.1) is 0 Å². The summed E-state index contributed by atoms with van der Waals surface area (Å²) >= 11 is 12.2. The van der Waals surface area contributed by atoms with Gasteiger partial charge in [0.05, 0.1) is 11.6 Å². The molecule has 1 aromatic carbocycles. The van der Waals surface area contributed by atoms with Gasteiger partial charge >= 0.3 is 5.97 Å². The van der Waals surface area contributed by atoms with Gasteiger partial charge in [-0.1, -0.05) is 23.2 Å². The number of aliphatic carboxylic acids is 1. The quantitative estimate of drug-likeness (QED) is 0.642. The third-order valence-electron chi connectivity index (χ3n) is 4.88. The highest BCUT2D eigenvalue weighted by Crippen LogP contribution is 2.36. The van der Waals surface area contributed by atoms with E-state index in [0.29, 0.717) is 5.02 Å². The van der Waals surface area contributed by atoms with Crippen molar-refractivity contribution in [1.29, 1.82) is 0 Å². The Hall–Kier alpha value is -1.62. The van der Waals surface area contributed by atoms with Gasteiger partial charge < -0.3 is 34.1 Å². The molecule has 3 rings (SSSR count). The molecule has 11 heteroatoms. The fourth-order valence-electron chi connectivity index (χ4n) is 3.46. The number of hydrogen-bond acceptors (Lipinski definition) is 7. The van der Waals surface area contributed by atoms with Gasteiger partial charge in [-0.2, -0.15) is 0 Å². The van der Waals surface area contributed by atoms with Crippen LogP contribution in [0.1, 0.15) is 27.7 Å². The number of nitrogens with one attached hydrogen (secondary N) is 1. The van der Waals surface area contributed by atoms with E-state index in [-0.39, 0.29) is 23.3 Å². The number of rotatable bonds is 6. The van der Waals surface area contributed by atoms with Crippen LogP contribution in [0, 0.1) is 0 Å². The molecule has 2 heterocycles. The zero-order valence-corrected chi connectivity index (χ0v) is 19.0. The number of carboxylic acid groups (broad SMARTS) is 1. The second-order valence-corrected chi connectivity index (χ2v) is 8.68. The molecular weight excluding hydrogens is 453 g/mol. The number of carbonyl (C=O) groups excluding carboxylic acids is 1. The van der Waals surface area contributed by atoms with E-state index in [0.717, 1.165) is 0 Å². The second-order valence-electron chi connectivity index (χ2n) is 7.84. The molecular formula is C20H25Cl2NO8. The summed E-state index contributed by atoms with van der Waals surface area (Å²) in [4.78, 5) is 23.4. The summed E-state index contributed by atoms with van der Waals surface area (Å²) in [6, 6.07) is 3.77. The molecule has 2 aliphatic heterocycles. The van der Waals surface area contributed by atoms with Crippen LogP contribution in [0.5, 0.6) is 5.75 Å². The Kier molecular flexibility index (Phi) is 7.35. The molecule has 6 unspecified atom stereocenters. The Balaban J connectivity index is 1.95. The van der Waals surface area contributed by atoms with Gasteiger partial charge in [0, 0.05) is 11.9 Å². The molecule has 1 aromatic rings. The molecule has 172 valence electrons. The van der Waals surface area contributed by atoms with Gasteiger partial charge in [-0.25, -0.2) is 4.79 Å². The van der Waals surface area contributed by atoms with E-state index in [1.165, 1.54) is 19.9 Å². The Morgan fingerprint density at radius 2 is 2.03 bits per heavy atom. The van der Waals surface area contributed by atoms with E-state index in [4.69, 9.17) is 46.9 Å². The van der Waals surface area contributed by atoms with E-state index in [2.05, 4.69) is 5.32 Å². The topological polar surface area (TPSA) is 113 Å². The van der Waals surface area contributed by atoms with Crippen LogP contribution in [0.2, 0.25) is 10.0 Å². The molecule has 0 spiro atoms. The Morgan fingerprint density at radius 1 is 1.32 bits per heavy atom. The van der Waals surface area contributed by atoms with Gasteiger partial charge in [0.2, 0.25) is 12.2 Å². The summed E-state index contributed by atoms with van der Waals surface area (Å²) in [6.07, 6.45) is -4.51. The molecule has 9 nitrogen and oxygen atoms in total. The number of ether oxygens (including phenoxy) is 5. The first-order valence-corrected chi connectivity index (χ1v) is 10.5.